The number of hydrogen-bond acceptors (Lipinski definition) is 7. The normalized spacial score (nSPS) is 31.1. The van der Waals surface area contributed by atoms with Crippen LogP contribution >= 0.6 is 7.60 Å². The van der Waals surface area contributed by atoms with Crippen LogP contribution in [0.25, 0.3) is 0 Å². The molecular weight excluding hydrogens is 405 g/mol. The van der Waals surface area contributed by atoms with Gasteiger partial charge >= 0.3 is 13.6 Å². The zero-order valence-corrected chi connectivity index (χ0v) is 19.2. The highest BCUT2D eigenvalue weighted by Crippen LogP contribution is 2.59. The van der Waals surface area contributed by atoms with Crippen molar-refractivity contribution in [1.29, 1.82) is 0 Å². The van der Waals surface area contributed by atoms with E-state index >= 15 is 0 Å². The van der Waals surface area contributed by atoms with Crippen molar-refractivity contribution in [3.63, 3.8) is 0 Å². The lowest BCUT2D eigenvalue weighted by Crippen LogP contribution is -2.52. The minimum absolute atomic E-state index is 0.0585. The van der Waals surface area contributed by atoms with Gasteiger partial charge in [0.25, 0.3) is 0 Å². The second-order valence-electron chi connectivity index (χ2n) is 9.14. The van der Waals surface area contributed by atoms with E-state index in [4.69, 9.17) is 13.8 Å². The molecule has 1 heterocycles. The van der Waals surface area contributed by atoms with Crippen molar-refractivity contribution in [3.05, 3.63) is 11.9 Å². The molecular formula is C21H34N3O5P. The smallest absolute Gasteiger partial charge is 0.345 e. The van der Waals surface area contributed by atoms with E-state index in [9.17, 15) is 9.36 Å². The molecule has 9 heteroatoms. The summed E-state index contributed by atoms with van der Waals surface area (Å²) in [5.74, 6) is 1.82. The minimum Gasteiger partial charge on any atom is -0.465 e. The highest BCUT2D eigenvalue weighted by molar-refractivity contribution is 7.55. The molecule has 0 spiro atoms. The van der Waals surface area contributed by atoms with Crippen molar-refractivity contribution in [2.75, 3.05) is 19.8 Å². The summed E-state index contributed by atoms with van der Waals surface area (Å²) in [5.41, 5.74) is -0.356. The van der Waals surface area contributed by atoms with Gasteiger partial charge in [-0.25, -0.2) is 4.68 Å². The fourth-order valence-corrected chi connectivity index (χ4v) is 8.20. The van der Waals surface area contributed by atoms with Crippen LogP contribution in [0.15, 0.2) is 6.20 Å². The third-order valence-corrected chi connectivity index (χ3v) is 9.39. The number of esters is 1. The number of rotatable bonds is 10. The molecule has 4 bridgehead atoms. The summed E-state index contributed by atoms with van der Waals surface area (Å²) < 4.78 is 31.5. The molecule has 0 saturated heterocycles. The Morgan fingerprint density at radius 3 is 2.17 bits per heavy atom. The molecule has 0 amide bonds. The molecule has 1 aromatic heterocycles. The fourth-order valence-electron chi connectivity index (χ4n) is 6.31. The van der Waals surface area contributed by atoms with Crippen LogP contribution in [-0.2, 0) is 35.1 Å². The standard InChI is InChI=1S/C21H34N3O5P/c1-4-27-20(25)19(30(26,28-5-2)29-6-3)10-18-14-24(23-22-18)21-11-15-7-16(12-21)9-17(8-15)13-21/h14-17,19H,4-13H2,1-3H3. The average molecular weight is 439 g/mol. The lowest BCUT2D eigenvalue weighted by molar-refractivity contribution is -0.143. The molecule has 1 unspecified atom stereocenters. The van der Waals surface area contributed by atoms with Crippen LogP contribution in [0.5, 0.6) is 0 Å². The zero-order chi connectivity index (χ0) is 21.4. The van der Waals surface area contributed by atoms with Crippen molar-refractivity contribution in [2.24, 2.45) is 17.8 Å². The molecule has 4 fully saturated rings. The first-order valence-corrected chi connectivity index (χ1v) is 13.0. The van der Waals surface area contributed by atoms with E-state index < -0.39 is 19.2 Å². The Morgan fingerprint density at radius 1 is 1.10 bits per heavy atom. The molecule has 4 aliphatic carbocycles. The number of carbonyl (C=O) groups excluding carboxylic acids is 1. The highest BCUT2D eigenvalue weighted by atomic mass is 31.2. The van der Waals surface area contributed by atoms with Crippen LogP contribution in [0, 0.1) is 17.8 Å². The number of nitrogens with zero attached hydrogens (tertiary/aromatic N) is 3. The molecule has 5 rings (SSSR count). The number of aromatic nitrogens is 3. The Balaban J connectivity index is 1.56. The van der Waals surface area contributed by atoms with E-state index in [1.807, 2.05) is 10.9 Å². The number of ether oxygens (including phenoxy) is 1. The van der Waals surface area contributed by atoms with Crippen molar-refractivity contribution in [2.45, 2.75) is 76.9 Å². The maximum atomic E-state index is 13.4. The monoisotopic (exact) mass is 439 g/mol. The topological polar surface area (TPSA) is 92.5 Å². The Morgan fingerprint density at radius 2 is 1.67 bits per heavy atom. The SMILES string of the molecule is CCOC(=O)C(Cc1cn(C23CC4CC(CC(C4)C2)C3)nn1)P(=O)(OCC)OCC. The summed E-state index contributed by atoms with van der Waals surface area (Å²) in [6, 6.07) is 0. The summed E-state index contributed by atoms with van der Waals surface area (Å²) in [7, 11) is -3.68. The van der Waals surface area contributed by atoms with Gasteiger partial charge in [-0.15, -0.1) is 5.10 Å². The predicted octanol–water partition coefficient (Wildman–Crippen LogP) is 3.94. The van der Waals surface area contributed by atoms with Gasteiger partial charge in [0.15, 0.2) is 5.66 Å². The first-order valence-electron chi connectivity index (χ1n) is 11.4. The summed E-state index contributed by atoms with van der Waals surface area (Å²) in [6.07, 6.45) is 9.65. The van der Waals surface area contributed by atoms with Crippen LogP contribution < -0.4 is 0 Å². The van der Waals surface area contributed by atoms with Crippen LogP contribution in [0.1, 0.15) is 65.0 Å². The quantitative estimate of drug-likeness (QED) is 0.403. The first kappa shape index (κ1) is 22.0. The van der Waals surface area contributed by atoms with Gasteiger partial charge in [0.1, 0.15) is 0 Å². The third-order valence-electron chi connectivity index (χ3n) is 6.99. The molecule has 1 aromatic rings. The first-order chi connectivity index (χ1) is 14.4. The largest absolute Gasteiger partial charge is 0.465 e. The van der Waals surface area contributed by atoms with Crippen molar-refractivity contribution < 1.29 is 23.1 Å². The fraction of sp³-hybridized carbons (Fsp3) is 0.857. The van der Waals surface area contributed by atoms with E-state index in [0.717, 1.165) is 17.8 Å². The molecule has 0 aliphatic heterocycles. The van der Waals surface area contributed by atoms with Gasteiger partial charge in [-0.3, -0.25) is 9.36 Å². The molecule has 1 atom stereocenters. The number of carbonyl (C=O) groups is 1. The molecule has 8 nitrogen and oxygen atoms in total. The average Bonchev–Trinajstić information content (AvgIpc) is 3.15. The summed E-state index contributed by atoms with van der Waals surface area (Å²) in [6.45, 7) is 5.77. The van der Waals surface area contributed by atoms with Gasteiger partial charge in [0.05, 0.1) is 31.1 Å². The van der Waals surface area contributed by atoms with Gasteiger partial charge in [-0.05, 0) is 77.0 Å². The summed E-state index contributed by atoms with van der Waals surface area (Å²) in [4.78, 5) is 12.7. The van der Waals surface area contributed by atoms with Gasteiger partial charge < -0.3 is 13.8 Å². The van der Waals surface area contributed by atoms with E-state index in [1.165, 1.54) is 38.5 Å². The number of hydrogen-bond donors (Lipinski definition) is 0. The van der Waals surface area contributed by atoms with Crippen LogP contribution in [0.2, 0.25) is 0 Å². The van der Waals surface area contributed by atoms with Crippen molar-refractivity contribution in [3.8, 4) is 0 Å². The third kappa shape index (κ3) is 4.11. The molecule has 30 heavy (non-hydrogen) atoms. The Bertz CT molecular complexity index is 765. The lowest BCUT2D eigenvalue weighted by Gasteiger charge is -2.56. The maximum absolute atomic E-state index is 13.4. The van der Waals surface area contributed by atoms with E-state index in [0.29, 0.717) is 5.69 Å². The molecule has 0 radical (unpaired) electrons. The predicted molar refractivity (Wildman–Crippen MR) is 111 cm³/mol. The highest BCUT2D eigenvalue weighted by Gasteiger charge is 2.52. The second kappa shape index (κ2) is 8.71. The molecule has 4 saturated carbocycles. The Hall–Kier alpha value is -1.24. The van der Waals surface area contributed by atoms with Crippen LogP contribution in [-0.4, -0.2) is 46.4 Å². The van der Waals surface area contributed by atoms with Crippen molar-refractivity contribution >= 4 is 13.6 Å². The zero-order valence-electron chi connectivity index (χ0n) is 18.3. The van der Waals surface area contributed by atoms with Gasteiger partial charge in [0.2, 0.25) is 0 Å². The Labute approximate surface area is 178 Å². The summed E-state index contributed by atoms with van der Waals surface area (Å²) in [5, 5.41) is 8.84. The Kier molecular flexibility index (Phi) is 6.38. The van der Waals surface area contributed by atoms with Crippen LogP contribution in [0.3, 0.4) is 0 Å². The molecule has 0 aromatic carbocycles. The van der Waals surface area contributed by atoms with Crippen LogP contribution in [0.4, 0.5) is 0 Å². The van der Waals surface area contributed by atoms with E-state index in [1.54, 1.807) is 20.8 Å². The molecule has 168 valence electrons. The molecule has 0 N–H and O–H groups in total. The summed E-state index contributed by atoms with van der Waals surface area (Å²) >= 11 is 0. The van der Waals surface area contributed by atoms with Gasteiger partial charge in [-0.1, -0.05) is 5.21 Å². The second-order valence-corrected chi connectivity index (χ2v) is 11.4. The van der Waals surface area contributed by atoms with Gasteiger partial charge in [-0.2, -0.15) is 0 Å². The lowest BCUT2D eigenvalue weighted by atomic mass is 9.53. The molecule has 4 aliphatic rings. The van der Waals surface area contributed by atoms with E-state index in [2.05, 4.69) is 10.3 Å². The minimum atomic E-state index is -3.68. The van der Waals surface area contributed by atoms with Crippen molar-refractivity contribution in [1.82, 2.24) is 15.0 Å². The van der Waals surface area contributed by atoms with Gasteiger partial charge in [0, 0.05) is 12.6 Å². The van der Waals surface area contributed by atoms with E-state index in [-0.39, 0.29) is 31.8 Å². The maximum Gasteiger partial charge on any atom is 0.345 e.